The summed E-state index contributed by atoms with van der Waals surface area (Å²) in [6.07, 6.45) is -3.59. The molecule has 0 aliphatic carbocycles. The van der Waals surface area contributed by atoms with Crippen LogP contribution < -0.4 is 20.1 Å². The van der Waals surface area contributed by atoms with Crippen LogP contribution in [0.5, 0.6) is 17.2 Å². The second-order valence-electron chi connectivity index (χ2n) is 8.39. The molecule has 202 valence electrons. The molecule has 1 saturated heterocycles. The number of rotatable bonds is 7. The minimum atomic E-state index is -4.55. The molecule has 4 aromatic rings. The van der Waals surface area contributed by atoms with Gasteiger partial charge < -0.3 is 24.5 Å². The molecule has 2 unspecified atom stereocenters. The molecule has 1 amide bonds. The topological polar surface area (TPSA) is 111 Å². The Morgan fingerprint density at radius 2 is 1.69 bits per heavy atom. The highest BCUT2D eigenvalue weighted by Crippen LogP contribution is 2.34. The van der Waals surface area contributed by atoms with Crippen LogP contribution in [0.4, 0.5) is 28.0 Å². The Bertz CT molecular complexity index is 1470. The monoisotopic (exact) mass is 547 g/mol. The largest absolute Gasteiger partial charge is 0.497 e. The summed E-state index contributed by atoms with van der Waals surface area (Å²) < 4.78 is 83.3. The predicted octanol–water partition coefficient (Wildman–Crippen LogP) is 4.92. The summed E-state index contributed by atoms with van der Waals surface area (Å²) in [5.41, 5.74) is -0.856. The molecule has 0 saturated carbocycles. The standard InChI is InChI=1S/C25H18F5N5O4/c1-37-15-8-17(26)20(18(27)9-15)16-11-32-22(36)21(16)33-24-35-34-23(39-24)12-2-4-13(5-3-12)38-14-6-7-19(31-10-14)25(28,29)30/h2-10,16,21H,11H2,1H3,(H,32,36)(H,33,35). The van der Waals surface area contributed by atoms with Crippen molar-refractivity contribution in [3.05, 3.63) is 77.6 Å². The maximum absolute atomic E-state index is 14.7. The number of aromatic nitrogens is 3. The zero-order valence-electron chi connectivity index (χ0n) is 19.9. The van der Waals surface area contributed by atoms with Crippen molar-refractivity contribution in [2.45, 2.75) is 18.1 Å². The Balaban J connectivity index is 1.28. The van der Waals surface area contributed by atoms with E-state index in [2.05, 4.69) is 25.8 Å². The molecule has 0 radical (unpaired) electrons. The molecule has 39 heavy (non-hydrogen) atoms. The molecule has 1 fully saturated rings. The fourth-order valence-corrected chi connectivity index (χ4v) is 4.03. The molecule has 1 aliphatic heterocycles. The SMILES string of the molecule is COc1cc(F)c(C2CNC(=O)C2Nc2nnc(-c3ccc(Oc4ccc(C(F)(F)F)nc4)cc3)o2)c(F)c1. The highest BCUT2D eigenvalue weighted by molar-refractivity contribution is 5.88. The Hall–Kier alpha value is -4.75. The first-order valence-corrected chi connectivity index (χ1v) is 11.3. The summed E-state index contributed by atoms with van der Waals surface area (Å²) in [4.78, 5) is 15.8. The quantitative estimate of drug-likeness (QED) is 0.314. The third-order valence-electron chi connectivity index (χ3n) is 5.91. The van der Waals surface area contributed by atoms with Gasteiger partial charge in [0.1, 0.15) is 40.6 Å². The van der Waals surface area contributed by atoms with Gasteiger partial charge in [-0.25, -0.2) is 13.8 Å². The van der Waals surface area contributed by atoms with Gasteiger partial charge >= 0.3 is 12.2 Å². The molecule has 2 atom stereocenters. The van der Waals surface area contributed by atoms with Crippen LogP contribution in [-0.2, 0) is 11.0 Å². The average Bonchev–Trinajstić information content (AvgIpc) is 3.51. The van der Waals surface area contributed by atoms with Gasteiger partial charge in [0.15, 0.2) is 0 Å². The van der Waals surface area contributed by atoms with Crippen molar-refractivity contribution in [2.75, 3.05) is 19.0 Å². The Morgan fingerprint density at radius 3 is 2.31 bits per heavy atom. The summed E-state index contributed by atoms with van der Waals surface area (Å²) in [5, 5.41) is 13.1. The number of amides is 1. The van der Waals surface area contributed by atoms with E-state index in [1.807, 2.05) is 0 Å². The molecule has 2 aromatic carbocycles. The summed E-state index contributed by atoms with van der Waals surface area (Å²) in [7, 11) is 1.28. The van der Waals surface area contributed by atoms with E-state index in [-0.39, 0.29) is 35.5 Å². The summed E-state index contributed by atoms with van der Waals surface area (Å²) in [6, 6.07) is 8.97. The van der Waals surface area contributed by atoms with Crippen LogP contribution in [0.25, 0.3) is 11.5 Å². The van der Waals surface area contributed by atoms with Crippen molar-refractivity contribution in [3.63, 3.8) is 0 Å². The number of pyridine rings is 1. The number of halogens is 5. The lowest BCUT2D eigenvalue weighted by Crippen LogP contribution is -2.33. The number of nitrogens with one attached hydrogen (secondary N) is 2. The first-order chi connectivity index (χ1) is 18.6. The van der Waals surface area contributed by atoms with Gasteiger partial charge in [-0.15, -0.1) is 5.10 Å². The molecular formula is C25H18F5N5O4. The number of anilines is 1. The molecule has 0 bridgehead atoms. The van der Waals surface area contributed by atoms with E-state index < -0.39 is 41.4 Å². The normalized spacial score (nSPS) is 17.1. The highest BCUT2D eigenvalue weighted by atomic mass is 19.4. The molecule has 3 heterocycles. The van der Waals surface area contributed by atoms with Crippen LogP contribution in [0.3, 0.4) is 0 Å². The van der Waals surface area contributed by atoms with Gasteiger partial charge in [0.05, 0.1) is 13.3 Å². The van der Waals surface area contributed by atoms with E-state index in [0.717, 1.165) is 30.5 Å². The summed E-state index contributed by atoms with van der Waals surface area (Å²) in [5.74, 6) is -2.65. The predicted molar refractivity (Wildman–Crippen MR) is 125 cm³/mol. The number of carbonyl (C=O) groups excluding carboxylic acids is 1. The van der Waals surface area contributed by atoms with Gasteiger partial charge in [0.2, 0.25) is 11.8 Å². The van der Waals surface area contributed by atoms with Crippen molar-refractivity contribution in [2.24, 2.45) is 0 Å². The maximum atomic E-state index is 14.7. The van der Waals surface area contributed by atoms with Crippen LogP contribution in [0, 0.1) is 11.6 Å². The second kappa shape index (κ2) is 10.2. The first kappa shape index (κ1) is 25.9. The lowest BCUT2D eigenvalue weighted by Gasteiger charge is -2.19. The number of benzene rings is 2. The average molecular weight is 547 g/mol. The van der Waals surface area contributed by atoms with Gasteiger partial charge in [-0.3, -0.25) is 4.79 Å². The minimum Gasteiger partial charge on any atom is -0.497 e. The molecule has 14 heteroatoms. The van der Waals surface area contributed by atoms with Crippen molar-refractivity contribution in [1.82, 2.24) is 20.5 Å². The third-order valence-corrected chi connectivity index (χ3v) is 5.91. The van der Waals surface area contributed by atoms with E-state index in [4.69, 9.17) is 13.9 Å². The Kier molecular flexibility index (Phi) is 6.76. The number of hydrogen-bond donors (Lipinski definition) is 2. The number of hydrogen-bond acceptors (Lipinski definition) is 8. The van der Waals surface area contributed by atoms with Crippen molar-refractivity contribution in [1.29, 1.82) is 0 Å². The Labute approximate surface area is 217 Å². The molecule has 2 aromatic heterocycles. The Morgan fingerprint density at radius 1 is 1.00 bits per heavy atom. The molecular weight excluding hydrogens is 529 g/mol. The van der Waals surface area contributed by atoms with E-state index in [0.29, 0.717) is 11.3 Å². The number of carbonyl (C=O) groups is 1. The minimum absolute atomic E-state index is 0.00419. The lowest BCUT2D eigenvalue weighted by atomic mass is 9.93. The first-order valence-electron chi connectivity index (χ1n) is 11.3. The van der Waals surface area contributed by atoms with Crippen molar-refractivity contribution < 1.29 is 40.6 Å². The van der Waals surface area contributed by atoms with Crippen LogP contribution in [-0.4, -0.2) is 40.8 Å². The summed E-state index contributed by atoms with van der Waals surface area (Å²) in [6.45, 7) is -0.0203. The van der Waals surface area contributed by atoms with Gasteiger partial charge in [0, 0.05) is 35.7 Å². The van der Waals surface area contributed by atoms with E-state index in [1.54, 1.807) is 12.1 Å². The highest BCUT2D eigenvalue weighted by Gasteiger charge is 2.40. The van der Waals surface area contributed by atoms with Crippen LogP contribution in [0.1, 0.15) is 17.2 Å². The van der Waals surface area contributed by atoms with Crippen molar-refractivity contribution >= 4 is 11.9 Å². The third kappa shape index (κ3) is 5.44. The van der Waals surface area contributed by atoms with E-state index in [1.165, 1.54) is 19.2 Å². The molecule has 9 nitrogen and oxygen atoms in total. The smallest absolute Gasteiger partial charge is 0.433 e. The molecule has 1 aliphatic rings. The van der Waals surface area contributed by atoms with Crippen LogP contribution in [0.2, 0.25) is 0 Å². The van der Waals surface area contributed by atoms with Crippen LogP contribution >= 0.6 is 0 Å². The van der Waals surface area contributed by atoms with Gasteiger partial charge in [-0.1, -0.05) is 5.10 Å². The fourth-order valence-electron chi connectivity index (χ4n) is 4.03. The number of alkyl halides is 3. The number of nitrogens with zero attached hydrogens (tertiary/aromatic N) is 3. The zero-order valence-corrected chi connectivity index (χ0v) is 19.9. The molecule has 0 spiro atoms. The fraction of sp³-hybridized carbons (Fsp3) is 0.200. The van der Waals surface area contributed by atoms with Gasteiger partial charge in [-0.05, 0) is 36.4 Å². The second-order valence-corrected chi connectivity index (χ2v) is 8.39. The molecule has 5 rings (SSSR count). The van der Waals surface area contributed by atoms with Gasteiger partial charge in [-0.2, -0.15) is 13.2 Å². The maximum Gasteiger partial charge on any atom is 0.433 e. The van der Waals surface area contributed by atoms with E-state index >= 15 is 0 Å². The van der Waals surface area contributed by atoms with Crippen LogP contribution in [0.15, 0.2) is 59.1 Å². The van der Waals surface area contributed by atoms with Crippen molar-refractivity contribution in [3.8, 4) is 28.7 Å². The molecule has 2 N–H and O–H groups in total. The van der Waals surface area contributed by atoms with Gasteiger partial charge in [0.25, 0.3) is 0 Å². The number of ether oxygens (including phenoxy) is 2. The van der Waals surface area contributed by atoms with E-state index in [9.17, 15) is 26.7 Å². The zero-order chi connectivity index (χ0) is 27.7. The summed E-state index contributed by atoms with van der Waals surface area (Å²) >= 11 is 0. The lowest BCUT2D eigenvalue weighted by molar-refractivity contribution is -0.141. The number of methoxy groups -OCH3 is 1.